The lowest BCUT2D eigenvalue weighted by molar-refractivity contribution is 0.928. The fraction of sp³-hybridized carbons (Fsp3) is 0.333. The molecule has 1 aliphatic carbocycles. The minimum Gasteiger partial charge on any atom is -0.0730 e. The molecule has 0 N–H and O–H groups in total. The lowest BCUT2D eigenvalue weighted by Crippen LogP contribution is -1.86. The molecule has 0 spiro atoms. The van der Waals surface area contributed by atoms with Crippen molar-refractivity contribution < 1.29 is 0 Å². The van der Waals surface area contributed by atoms with Gasteiger partial charge in [0, 0.05) is 0 Å². The van der Waals surface area contributed by atoms with Crippen LogP contribution in [0.3, 0.4) is 0 Å². The SMILES string of the molecule is CC1=CC=C(/C=C/I)CC1. The molecule has 0 atom stereocenters. The highest BCUT2D eigenvalue weighted by Gasteiger charge is 1.98. The number of allylic oxidation sites excluding steroid dienone is 5. The zero-order chi connectivity index (χ0) is 7.40. The molecule has 0 heterocycles. The zero-order valence-electron chi connectivity index (χ0n) is 6.10. The van der Waals surface area contributed by atoms with Crippen molar-refractivity contribution in [2.75, 3.05) is 0 Å². The minimum absolute atomic E-state index is 1.21. The lowest BCUT2D eigenvalue weighted by atomic mass is 10.00. The summed E-state index contributed by atoms with van der Waals surface area (Å²) in [6.07, 6.45) is 9.02. The Morgan fingerprint density at radius 3 is 2.70 bits per heavy atom. The molecule has 54 valence electrons. The summed E-state index contributed by atoms with van der Waals surface area (Å²) in [5, 5.41) is 0. The van der Waals surface area contributed by atoms with Crippen molar-refractivity contribution in [3.05, 3.63) is 33.5 Å². The number of hydrogen-bond acceptors (Lipinski definition) is 0. The molecule has 0 aliphatic heterocycles. The van der Waals surface area contributed by atoms with Crippen molar-refractivity contribution in [3.63, 3.8) is 0 Å². The molecule has 0 saturated carbocycles. The second-order valence-corrected chi connectivity index (χ2v) is 3.27. The quantitative estimate of drug-likeness (QED) is 0.620. The third-order valence-corrected chi connectivity index (χ3v) is 2.03. The molecule has 0 radical (unpaired) electrons. The summed E-state index contributed by atoms with van der Waals surface area (Å²) >= 11 is 2.25. The second kappa shape index (κ2) is 3.96. The largest absolute Gasteiger partial charge is 0.0730 e. The molecule has 0 aromatic carbocycles. The fourth-order valence-corrected chi connectivity index (χ4v) is 1.44. The maximum Gasteiger partial charge on any atom is -0.0231 e. The summed E-state index contributed by atoms with van der Waals surface area (Å²) in [5.74, 6) is 0. The van der Waals surface area contributed by atoms with Gasteiger partial charge in [-0.15, -0.1) is 0 Å². The van der Waals surface area contributed by atoms with Crippen LogP contribution in [0, 0.1) is 0 Å². The van der Waals surface area contributed by atoms with Crippen molar-refractivity contribution in [2.24, 2.45) is 0 Å². The topological polar surface area (TPSA) is 0 Å². The Hall–Kier alpha value is -0.0500. The Bertz CT molecular complexity index is 197. The minimum atomic E-state index is 1.21. The van der Waals surface area contributed by atoms with Gasteiger partial charge in [-0.25, -0.2) is 0 Å². The van der Waals surface area contributed by atoms with Crippen LogP contribution in [0.4, 0.5) is 0 Å². The van der Waals surface area contributed by atoms with Gasteiger partial charge in [0.15, 0.2) is 0 Å². The Morgan fingerprint density at radius 2 is 2.20 bits per heavy atom. The van der Waals surface area contributed by atoms with E-state index >= 15 is 0 Å². The Kier molecular flexibility index (Phi) is 3.19. The van der Waals surface area contributed by atoms with Crippen molar-refractivity contribution in [1.29, 1.82) is 0 Å². The standard InChI is InChI=1S/C9H11I/c1-8-2-4-9(5-3-8)6-7-10/h2,4,6-7H,3,5H2,1H3/b7-6+. The Balaban J connectivity index is 2.64. The molecule has 0 aromatic heterocycles. The van der Waals surface area contributed by atoms with E-state index in [-0.39, 0.29) is 0 Å². The fourth-order valence-electron chi connectivity index (χ4n) is 0.977. The van der Waals surface area contributed by atoms with Crippen LogP contribution >= 0.6 is 22.6 Å². The smallest absolute Gasteiger partial charge is 0.0231 e. The summed E-state index contributed by atoms with van der Waals surface area (Å²) in [7, 11) is 0. The van der Waals surface area contributed by atoms with Crippen molar-refractivity contribution in [2.45, 2.75) is 19.8 Å². The molecule has 0 unspecified atom stereocenters. The molecule has 0 nitrogen and oxygen atoms in total. The van der Waals surface area contributed by atoms with Gasteiger partial charge in [0.2, 0.25) is 0 Å². The molecule has 1 heteroatoms. The van der Waals surface area contributed by atoms with Gasteiger partial charge in [-0.1, -0.05) is 46.4 Å². The third kappa shape index (κ3) is 2.29. The lowest BCUT2D eigenvalue weighted by Gasteiger charge is -2.06. The first-order valence-corrected chi connectivity index (χ1v) is 4.70. The van der Waals surface area contributed by atoms with Crippen LogP contribution in [-0.2, 0) is 0 Å². The van der Waals surface area contributed by atoms with Crippen molar-refractivity contribution in [3.8, 4) is 0 Å². The molecule has 1 rings (SSSR count). The number of hydrogen-bond donors (Lipinski definition) is 0. The van der Waals surface area contributed by atoms with E-state index in [0.717, 1.165) is 0 Å². The van der Waals surface area contributed by atoms with Gasteiger partial charge < -0.3 is 0 Å². The van der Waals surface area contributed by atoms with E-state index in [9.17, 15) is 0 Å². The maximum atomic E-state index is 2.25. The van der Waals surface area contributed by atoms with Crippen LogP contribution < -0.4 is 0 Å². The highest BCUT2D eigenvalue weighted by atomic mass is 127. The Labute approximate surface area is 75.8 Å². The molecule has 0 saturated heterocycles. The van der Waals surface area contributed by atoms with E-state index in [1.54, 1.807) is 0 Å². The van der Waals surface area contributed by atoms with Gasteiger partial charge in [-0.2, -0.15) is 0 Å². The molecule has 0 amide bonds. The van der Waals surface area contributed by atoms with E-state index in [1.807, 2.05) is 0 Å². The van der Waals surface area contributed by atoms with Crippen LogP contribution in [0.2, 0.25) is 0 Å². The van der Waals surface area contributed by atoms with Crippen LogP contribution in [-0.4, -0.2) is 0 Å². The molecule has 0 fully saturated rings. The third-order valence-electron chi connectivity index (χ3n) is 1.67. The predicted octanol–water partition coefficient (Wildman–Crippen LogP) is 3.60. The van der Waals surface area contributed by atoms with Gasteiger partial charge in [0.1, 0.15) is 0 Å². The summed E-state index contributed by atoms with van der Waals surface area (Å²) in [6.45, 7) is 2.18. The van der Waals surface area contributed by atoms with Crippen LogP contribution in [0.15, 0.2) is 33.5 Å². The van der Waals surface area contributed by atoms with Gasteiger partial charge >= 0.3 is 0 Å². The second-order valence-electron chi connectivity index (χ2n) is 2.55. The van der Waals surface area contributed by atoms with E-state index in [1.165, 1.54) is 24.0 Å². The van der Waals surface area contributed by atoms with E-state index < -0.39 is 0 Å². The molecule has 0 bridgehead atoms. The molecule has 10 heavy (non-hydrogen) atoms. The summed E-state index contributed by atoms with van der Waals surface area (Å²) in [4.78, 5) is 0. The van der Waals surface area contributed by atoms with Gasteiger partial charge in [0.25, 0.3) is 0 Å². The average Bonchev–Trinajstić information content (AvgIpc) is 1.95. The highest BCUT2D eigenvalue weighted by Crippen LogP contribution is 2.18. The molecular weight excluding hydrogens is 235 g/mol. The van der Waals surface area contributed by atoms with E-state index in [2.05, 4.69) is 51.8 Å². The molecule has 1 aliphatic rings. The zero-order valence-corrected chi connectivity index (χ0v) is 8.26. The average molecular weight is 246 g/mol. The summed E-state index contributed by atoms with van der Waals surface area (Å²) < 4.78 is 2.07. The first-order valence-electron chi connectivity index (χ1n) is 3.46. The first kappa shape index (κ1) is 8.05. The molecular formula is C9H11I. The van der Waals surface area contributed by atoms with Crippen LogP contribution in [0.25, 0.3) is 0 Å². The first-order chi connectivity index (χ1) is 4.83. The number of halogens is 1. The molecule has 0 aromatic rings. The van der Waals surface area contributed by atoms with E-state index in [4.69, 9.17) is 0 Å². The van der Waals surface area contributed by atoms with E-state index in [0.29, 0.717) is 0 Å². The summed E-state index contributed by atoms with van der Waals surface area (Å²) in [6, 6.07) is 0. The normalized spacial score (nSPS) is 19.0. The monoisotopic (exact) mass is 246 g/mol. The highest BCUT2D eigenvalue weighted by molar-refractivity contribution is 14.1. The Morgan fingerprint density at radius 1 is 1.40 bits per heavy atom. The van der Waals surface area contributed by atoms with Crippen LogP contribution in [0.5, 0.6) is 0 Å². The maximum absolute atomic E-state index is 2.25. The van der Waals surface area contributed by atoms with Gasteiger partial charge in [0.05, 0.1) is 0 Å². The predicted molar refractivity (Wildman–Crippen MR) is 54.2 cm³/mol. The summed E-state index contributed by atoms with van der Waals surface area (Å²) in [5.41, 5.74) is 2.94. The van der Waals surface area contributed by atoms with Crippen molar-refractivity contribution >= 4 is 22.6 Å². The van der Waals surface area contributed by atoms with Crippen LogP contribution in [0.1, 0.15) is 19.8 Å². The number of rotatable bonds is 1. The van der Waals surface area contributed by atoms with Crippen molar-refractivity contribution in [1.82, 2.24) is 0 Å². The van der Waals surface area contributed by atoms with Gasteiger partial charge in [-0.05, 0) is 29.4 Å². The van der Waals surface area contributed by atoms with Gasteiger partial charge in [-0.3, -0.25) is 0 Å².